The van der Waals surface area contributed by atoms with Gasteiger partial charge in [0.05, 0.1) is 19.5 Å². The van der Waals surface area contributed by atoms with E-state index in [9.17, 15) is 10.2 Å². The largest absolute Gasteiger partial charge is 0.396 e. The number of nitrogens with two attached hydrogens (primary N) is 1. The number of aromatic nitrogens is 4. The number of aliphatic hydroxyl groups is 2. The normalized spacial score (nSPS) is 21.3. The van der Waals surface area contributed by atoms with Crippen LogP contribution in [0.3, 0.4) is 0 Å². The second-order valence-electron chi connectivity index (χ2n) is 4.91. The lowest BCUT2D eigenvalue weighted by Gasteiger charge is -2.10. The van der Waals surface area contributed by atoms with E-state index < -0.39 is 0 Å². The van der Waals surface area contributed by atoms with Gasteiger partial charge in [0.2, 0.25) is 0 Å². The zero-order valence-electron chi connectivity index (χ0n) is 9.82. The van der Waals surface area contributed by atoms with E-state index in [1.807, 2.05) is 4.57 Å². The van der Waals surface area contributed by atoms with Gasteiger partial charge in [0.15, 0.2) is 11.5 Å². The van der Waals surface area contributed by atoms with Gasteiger partial charge >= 0.3 is 0 Å². The molecule has 2 heterocycles. The van der Waals surface area contributed by atoms with Crippen LogP contribution >= 0.6 is 0 Å². The average Bonchev–Trinajstić information content (AvgIpc) is 2.93. The Morgan fingerprint density at radius 2 is 2.11 bits per heavy atom. The Labute approximate surface area is 103 Å². The summed E-state index contributed by atoms with van der Waals surface area (Å²) in [5.74, 6) is 0.617. The quantitative estimate of drug-likeness (QED) is 0.667. The number of anilines is 1. The fourth-order valence-electron chi connectivity index (χ4n) is 2.40. The minimum absolute atomic E-state index is 0.0118. The molecule has 2 aromatic rings. The average molecular weight is 249 g/mol. The van der Waals surface area contributed by atoms with Gasteiger partial charge in [-0.15, -0.1) is 0 Å². The first kappa shape index (κ1) is 11.4. The molecule has 1 aliphatic rings. The zero-order chi connectivity index (χ0) is 12.8. The number of imidazole rings is 1. The SMILES string of the molecule is Nc1ncnc2c1ncn2C[C@H]1CC1(CO)CO. The molecule has 7 heteroatoms. The highest BCUT2D eigenvalue weighted by Gasteiger charge is 2.53. The minimum Gasteiger partial charge on any atom is -0.396 e. The molecule has 0 aliphatic heterocycles. The minimum atomic E-state index is -0.338. The lowest BCUT2D eigenvalue weighted by Crippen LogP contribution is -2.17. The molecule has 0 amide bonds. The first-order valence-corrected chi connectivity index (χ1v) is 5.83. The molecule has 0 spiro atoms. The summed E-state index contributed by atoms with van der Waals surface area (Å²) in [4.78, 5) is 12.2. The van der Waals surface area contributed by atoms with E-state index in [0.717, 1.165) is 6.42 Å². The summed E-state index contributed by atoms with van der Waals surface area (Å²) in [6.07, 6.45) is 3.90. The predicted octanol–water partition coefficient (Wildman–Crippen LogP) is -0.601. The van der Waals surface area contributed by atoms with Gasteiger partial charge in [-0.1, -0.05) is 0 Å². The smallest absolute Gasteiger partial charge is 0.165 e. The molecule has 1 atom stereocenters. The topological polar surface area (TPSA) is 110 Å². The van der Waals surface area contributed by atoms with E-state index in [4.69, 9.17) is 5.73 Å². The fourth-order valence-corrected chi connectivity index (χ4v) is 2.40. The second kappa shape index (κ2) is 3.89. The Kier molecular flexibility index (Phi) is 2.46. The number of nitrogens with zero attached hydrogens (tertiary/aromatic N) is 4. The summed E-state index contributed by atoms with van der Waals surface area (Å²) >= 11 is 0. The summed E-state index contributed by atoms with van der Waals surface area (Å²) in [7, 11) is 0. The molecule has 3 rings (SSSR count). The maximum Gasteiger partial charge on any atom is 0.165 e. The highest BCUT2D eigenvalue weighted by atomic mass is 16.3. The van der Waals surface area contributed by atoms with Gasteiger partial charge in [-0.3, -0.25) is 0 Å². The number of aliphatic hydroxyl groups excluding tert-OH is 2. The van der Waals surface area contributed by atoms with Crippen LogP contribution in [0.1, 0.15) is 6.42 Å². The number of nitrogen functional groups attached to an aromatic ring is 1. The number of hydrogen-bond donors (Lipinski definition) is 3. The van der Waals surface area contributed by atoms with Gasteiger partial charge in [0, 0.05) is 12.0 Å². The van der Waals surface area contributed by atoms with Crippen molar-refractivity contribution in [2.75, 3.05) is 18.9 Å². The Hall–Kier alpha value is -1.73. The van der Waals surface area contributed by atoms with Crippen molar-refractivity contribution in [1.29, 1.82) is 0 Å². The third-order valence-corrected chi connectivity index (χ3v) is 3.84. The van der Waals surface area contributed by atoms with E-state index in [0.29, 0.717) is 23.5 Å². The van der Waals surface area contributed by atoms with Gasteiger partial charge in [0.25, 0.3) is 0 Å². The van der Waals surface area contributed by atoms with Crippen molar-refractivity contribution >= 4 is 17.0 Å². The molecule has 1 aliphatic carbocycles. The Balaban J connectivity index is 1.87. The van der Waals surface area contributed by atoms with Crippen LogP contribution in [0.4, 0.5) is 5.82 Å². The van der Waals surface area contributed by atoms with Crippen molar-refractivity contribution in [2.24, 2.45) is 11.3 Å². The molecule has 0 bridgehead atoms. The molecular formula is C11H15N5O2. The standard InChI is InChI=1S/C11H15N5O2/c12-9-8-10(14-5-13-9)16(6-15-8)2-7-1-11(7,3-17)4-18/h5-7,17-18H,1-4H2,(H2,12,13,14)/t7-/m1/s1. The lowest BCUT2D eigenvalue weighted by atomic mass is 10.1. The molecule has 2 aromatic heterocycles. The van der Waals surface area contributed by atoms with E-state index in [-0.39, 0.29) is 24.5 Å². The van der Waals surface area contributed by atoms with Crippen molar-refractivity contribution in [3.05, 3.63) is 12.7 Å². The lowest BCUT2D eigenvalue weighted by molar-refractivity contribution is 0.119. The highest BCUT2D eigenvalue weighted by molar-refractivity contribution is 5.81. The Bertz CT molecular complexity index is 578. The molecule has 1 saturated carbocycles. The zero-order valence-corrected chi connectivity index (χ0v) is 9.82. The van der Waals surface area contributed by atoms with Gasteiger partial charge in [-0.2, -0.15) is 0 Å². The van der Waals surface area contributed by atoms with Crippen molar-refractivity contribution in [3.8, 4) is 0 Å². The number of rotatable bonds is 4. The van der Waals surface area contributed by atoms with E-state index in [1.54, 1.807) is 6.33 Å². The van der Waals surface area contributed by atoms with Gasteiger partial charge < -0.3 is 20.5 Å². The third-order valence-electron chi connectivity index (χ3n) is 3.84. The van der Waals surface area contributed by atoms with Crippen molar-refractivity contribution in [1.82, 2.24) is 19.5 Å². The van der Waals surface area contributed by atoms with Crippen LogP contribution in [0.15, 0.2) is 12.7 Å². The molecule has 0 radical (unpaired) electrons. The van der Waals surface area contributed by atoms with Crippen LogP contribution in [-0.4, -0.2) is 42.9 Å². The van der Waals surface area contributed by atoms with Gasteiger partial charge in [-0.05, 0) is 12.3 Å². The molecule has 0 aromatic carbocycles. The fraction of sp³-hybridized carbons (Fsp3) is 0.545. The predicted molar refractivity (Wildman–Crippen MR) is 64.4 cm³/mol. The van der Waals surface area contributed by atoms with E-state index in [1.165, 1.54) is 6.33 Å². The van der Waals surface area contributed by atoms with Crippen LogP contribution in [0, 0.1) is 11.3 Å². The first-order chi connectivity index (χ1) is 8.70. The molecule has 96 valence electrons. The van der Waals surface area contributed by atoms with Crippen LogP contribution < -0.4 is 5.73 Å². The molecule has 4 N–H and O–H groups in total. The number of hydrogen-bond acceptors (Lipinski definition) is 6. The first-order valence-electron chi connectivity index (χ1n) is 5.83. The molecule has 1 fully saturated rings. The summed E-state index contributed by atoms with van der Waals surface area (Å²) in [6, 6.07) is 0. The Morgan fingerprint density at radius 1 is 1.33 bits per heavy atom. The Morgan fingerprint density at radius 3 is 2.78 bits per heavy atom. The summed E-state index contributed by atoms with van der Waals surface area (Å²) < 4.78 is 1.89. The molecule has 0 saturated heterocycles. The summed E-state index contributed by atoms with van der Waals surface area (Å²) in [6.45, 7) is 0.698. The van der Waals surface area contributed by atoms with Gasteiger partial charge in [0.1, 0.15) is 11.8 Å². The maximum atomic E-state index is 9.28. The maximum absolute atomic E-state index is 9.28. The molecule has 7 nitrogen and oxygen atoms in total. The van der Waals surface area contributed by atoms with E-state index in [2.05, 4.69) is 15.0 Å². The summed E-state index contributed by atoms with van der Waals surface area (Å²) in [5, 5.41) is 18.6. The van der Waals surface area contributed by atoms with Crippen LogP contribution in [0.2, 0.25) is 0 Å². The second-order valence-corrected chi connectivity index (χ2v) is 4.91. The molecule has 0 unspecified atom stereocenters. The van der Waals surface area contributed by atoms with Crippen LogP contribution in [0.5, 0.6) is 0 Å². The van der Waals surface area contributed by atoms with Crippen molar-refractivity contribution in [2.45, 2.75) is 13.0 Å². The van der Waals surface area contributed by atoms with Crippen molar-refractivity contribution < 1.29 is 10.2 Å². The van der Waals surface area contributed by atoms with Crippen molar-refractivity contribution in [3.63, 3.8) is 0 Å². The molecule has 18 heavy (non-hydrogen) atoms. The van der Waals surface area contributed by atoms with Gasteiger partial charge in [-0.25, -0.2) is 15.0 Å². The van der Waals surface area contributed by atoms with E-state index >= 15 is 0 Å². The third kappa shape index (κ3) is 1.55. The number of fused-ring (bicyclic) bond motifs is 1. The monoisotopic (exact) mass is 249 g/mol. The molecular weight excluding hydrogens is 234 g/mol. The van der Waals surface area contributed by atoms with Crippen LogP contribution in [0.25, 0.3) is 11.2 Å². The highest BCUT2D eigenvalue weighted by Crippen LogP contribution is 2.52. The summed E-state index contributed by atoms with van der Waals surface area (Å²) in [5.41, 5.74) is 6.66. The van der Waals surface area contributed by atoms with Crippen LogP contribution in [-0.2, 0) is 6.54 Å².